The molecule has 0 spiro atoms. The predicted octanol–water partition coefficient (Wildman–Crippen LogP) is 3.60. The Morgan fingerprint density at radius 3 is 2.32 bits per heavy atom. The Kier molecular flexibility index (Phi) is 4.76. The van der Waals surface area contributed by atoms with Gasteiger partial charge in [-0.15, -0.1) is 0 Å². The number of Topliss-reactive ketones (excluding diaryl/α,β-unsaturated/α-hetero) is 1. The van der Waals surface area contributed by atoms with E-state index in [1.54, 1.807) is 0 Å². The molecular formula is C17H25NO. The molecule has 2 heteroatoms. The number of hydrogen-bond donors (Lipinski definition) is 1. The number of rotatable bonds is 5. The molecule has 0 bridgehead atoms. The zero-order valence-corrected chi connectivity index (χ0v) is 12.2. The Morgan fingerprint density at radius 2 is 1.79 bits per heavy atom. The summed E-state index contributed by atoms with van der Waals surface area (Å²) in [5.41, 5.74) is 2.09. The van der Waals surface area contributed by atoms with Gasteiger partial charge < -0.3 is 5.32 Å². The third kappa shape index (κ3) is 3.06. The largest absolute Gasteiger partial charge is 0.317 e. The van der Waals surface area contributed by atoms with Crippen LogP contribution in [0.25, 0.3) is 0 Å². The number of hydrogen-bond acceptors (Lipinski definition) is 2. The van der Waals surface area contributed by atoms with E-state index in [1.165, 1.54) is 5.56 Å². The van der Waals surface area contributed by atoms with Crippen LogP contribution in [-0.2, 0) is 6.42 Å². The van der Waals surface area contributed by atoms with Crippen molar-refractivity contribution in [1.29, 1.82) is 0 Å². The zero-order chi connectivity index (χ0) is 13.7. The van der Waals surface area contributed by atoms with Gasteiger partial charge in [0.25, 0.3) is 0 Å². The van der Waals surface area contributed by atoms with E-state index in [-0.39, 0.29) is 5.41 Å². The molecule has 1 saturated heterocycles. The van der Waals surface area contributed by atoms with Crippen LogP contribution in [0.15, 0.2) is 24.3 Å². The number of carbonyl (C=O) groups excluding carboxylic acids is 1. The van der Waals surface area contributed by atoms with Crippen molar-refractivity contribution in [2.75, 3.05) is 13.1 Å². The summed E-state index contributed by atoms with van der Waals surface area (Å²) >= 11 is 0. The minimum absolute atomic E-state index is 0.127. The van der Waals surface area contributed by atoms with E-state index in [0.29, 0.717) is 5.78 Å². The van der Waals surface area contributed by atoms with Crippen molar-refractivity contribution in [3.63, 3.8) is 0 Å². The van der Waals surface area contributed by atoms with Crippen LogP contribution in [0.3, 0.4) is 0 Å². The summed E-state index contributed by atoms with van der Waals surface area (Å²) in [4.78, 5) is 12.8. The highest BCUT2D eigenvalue weighted by Gasteiger charge is 2.37. The van der Waals surface area contributed by atoms with Crippen LogP contribution < -0.4 is 5.32 Å². The second kappa shape index (κ2) is 6.33. The van der Waals surface area contributed by atoms with Crippen LogP contribution >= 0.6 is 0 Å². The Labute approximate surface area is 116 Å². The van der Waals surface area contributed by atoms with E-state index in [9.17, 15) is 4.79 Å². The fourth-order valence-electron chi connectivity index (χ4n) is 3.06. The van der Waals surface area contributed by atoms with Crippen molar-refractivity contribution in [2.24, 2.45) is 5.41 Å². The number of aryl methyl sites for hydroxylation is 1. The van der Waals surface area contributed by atoms with Crippen molar-refractivity contribution in [1.82, 2.24) is 5.32 Å². The molecule has 1 heterocycles. The molecule has 104 valence electrons. The molecule has 2 nitrogen and oxygen atoms in total. The average molecular weight is 259 g/mol. The van der Waals surface area contributed by atoms with Gasteiger partial charge in [-0.25, -0.2) is 0 Å². The van der Waals surface area contributed by atoms with E-state index in [1.807, 2.05) is 12.1 Å². The van der Waals surface area contributed by atoms with Crippen molar-refractivity contribution in [3.8, 4) is 0 Å². The molecule has 0 atom stereocenters. The predicted molar refractivity (Wildman–Crippen MR) is 79.6 cm³/mol. The summed E-state index contributed by atoms with van der Waals surface area (Å²) in [7, 11) is 0. The van der Waals surface area contributed by atoms with Gasteiger partial charge in [-0.1, -0.05) is 44.5 Å². The van der Waals surface area contributed by atoms with Crippen LogP contribution in [0.5, 0.6) is 0 Å². The lowest BCUT2D eigenvalue weighted by molar-refractivity contribution is 0.0717. The first-order valence-electron chi connectivity index (χ1n) is 7.56. The van der Waals surface area contributed by atoms with E-state index in [2.05, 4.69) is 31.3 Å². The molecule has 1 aromatic carbocycles. The van der Waals surface area contributed by atoms with Crippen molar-refractivity contribution in [2.45, 2.75) is 46.0 Å². The first kappa shape index (κ1) is 14.3. The molecule has 1 aliphatic heterocycles. The normalized spacial score (nSPS) is 18.2. The van der Waals surface area contributed by atoms with Crippen LogP contribution in [0.2, 0.25) is 0 Å². The van der Waals surface area contributed by atoms with Gasteiger partial charge in [0.2, 0.25) is 0 Å². The second-order valence-electron chi connectivity index (χ2n) is 5.66. The summed E-state index contributed by atoms with van der Waals surface area (Å²) in [5, 5.41) is 3.35. The van der Waals surface area contributed by atoms with Crippen molar-refractivity contribution < 1.29 is 4.79 Å². The Balaban J connectivity index is 2.17. The minimum atomic E-state index is -0.127. The Bertz CT molecular complexity index is 415. The number of benzene rings is 1. The van der Waals surface area contributed by atoms with Gasteiger partial charge in [-0.3, -0.25) is 4.79 Å². The topological polar surface area (TPSA) is 29.1 Å². The van der Waals surface area contributed by atoms with Crippen LogP contribution in [0.1, 0.15) is 55.5 Å². The van der Waals surface area contributed by atoms with E-state index < -0.39 is 0 Å². The van der Waals surface area contributed by atoms with Gasteiger partial charge in [0.1, 0.15) is 0 Å². The minimum Gasteiger partial charge on any atom is -0.317 e. The zero-order valence-electron chi connectivity index (χ0n) is 12.2. The Morgan fingerprint density at radius 1 is 1.16 bits per heavy atom. The maximum Gasteiger partial charge on any atom is 0.169 e. The molecule has 19 heavy (non-hydrogen) atoms. The summed E-state index contributed by atoms with van der Waals surface area (Å²) < 4.78 is 0. The van der Waals surface area contributed by atoms with Crippen molar-refractivity contribution >= 4 is 5.78 Å². The fraction of sp³-hybridized carbons (Fsp3) is 0.588. The highest BCUT2D eigenvalue weighted by atomic mass is 16.1. The van der Waals surface area contributed by atoms with E-state index in [0.717, 1.165) is 50.8 Å². The standard InChI is InChI=1S/C17H25NO/c1-3-5-14-6-8-15(9-7-14)16(19)17(4-2)10-12-18-13-11-17/h6-9,18H,3-5,10-13H2,1-2H3. The lowest BCUT2D eigenvalue weighted by Gasteiger charge is -2.35. The summed E-state index contributed by atoms with van der Waals surface area (Å²) in [5.74, 6) is 0.347. The molecular weight excluding hydrogens is 234 g/mol. The van der Waals surface area contributed by atoms with E-state index in [4.69, 9.17) is 0 Å². The molecule has 2 rings (SSSR count). The van der Waals surface area contributed by atoms with Gasteiger partial charge in [-0.2, -0.15) is 0 Å². The first-order chi connectivity index (χ1) is 9.22. The number of carbonyl (C=O) groups is 1. The lowest BCUT2D eigenvalue weighted by atomic mass is 9.71. The van der Waals surface area contributed by atoms with Crippen LogP contribution in [0, 0.1) is 5.41 Å². The van der Waals surface area contributed by atoms with Crippen molar-refractivity contribution in [3.05, 3.63) is 35.4 Å². The average Bonchev–Trinajstić information content (AvgIpc) is 2.48. The second-order valence-corrected chi connectivity index (χ2v) is 5.66. The molecule has 1 aliphatic rings. The monoisotopic (exact) mass is 259 g/mol. The maximum atomic E-state index is 12.8. The summed E-state index contributed by atoms with van der Waals surface area (Å²) in [6.07, 6.45) is 5.14. The molecule has 0 aliphatic carbocycles. The fourth-order valence-corrected chi connectivity index (χ4v) is 3.06. The van der Waals surface area contributed by atoms with Crippen LogP contribution in [0.4, 0.5) is 0 Å². The maximum absolute atomic E-state index is 12.8. The molecule has 1 fully saturated rings. The molecule has 1 aromatic rings. The number of piperidine rings is 1. The third-order valence-corrected chi connectivity index (χ3v) is 4.47. The number of nitrogens with one attached hydrogen (secondary N) is 1. The molecule has 0 aromatic heterocycles. The Hall–Kier alpha value is -1.15. The molecule has 0 unspecified atom stereocenters. The molecule has 0 saturated carbocycles. The highest BCUT2D eigenvalue weighted by molar-refractivity contribution is 6.00. The van der Waals surface area contributed by atoms with E-state index >= 15 is 0 Å². The molecule has 1 N–H and O–H groups in total. The van der Waals surface area contributed by atoms with Gasteiger partial charge in [0.05, 0.1) is 0 Å². The van der Waals surface area contributed by atoms with Gasteiger partial charge in [0.15, 0.2) is 5.78 Å². The van der Waals surface area contributed by atoms with Gasteiger partial charge >= 0.3 is 0 Å². The number of ketones is 1. The highest BCUT2D eigenvalue weighted by Crippen LogP contribution is 2.36. The summed E-state index contributed by atoms with van der Waals surface area (Å²) in [6, 6.07) is 8.27. The van der Waals surface area contributed by atoms with Gasteiger partial charge in [-0.05, 0) is 44.3 Å². The smallest absolute Gasteiger partial charge is 0.169 e. The third-order valence-electron chi connectivity index (χ3n) is 4.47. The first-order valence-corrected chi connectivity index (χ1v) is 7.56. The molecule has 0 amide bonds. The quantitative estimate of drug-likeness (QED) is 0.819. The SMILES string of the molecule is CCCc1ccc(C(=O)C2(CC)CCNCC2)cc1. The summed E-state index contributed by atoms with van der Waals surface area (Å²) in [6.45, 7) is 6.26. The lowest BCUT2D eigenvalue weighted by Crippen LogP contribution is -2.41. The van der Waals surface area contributed by atoms with Gasteiger partial charge in [0, 0.05) is 11.0 Å². The molecule has 0 radical (unpaired) electrons. The van der Waals surface area contributed by atoms with Crippen LogP contribution in [-0.4, -0.2) is 18.9 Å².